The highest BCUT2D eigenvalue weighted by atomic mass is 16.5. The quantitative estimate of drug-likeness (QED) is 0.219. The first-order valence-corrected chi connectivity index (χ1v) is 4.39. The van der Waals surface area contributed by atoms with Crippen molar-refractivity contribution in [2.75, 3.05) is 0 Å². The van der Waals surface area contributed by atoms with E-state index < -0.39 is 18.0 Å². The topological polar surface area (TPSA) is 81.4 Å². The van der Waals surface area contributed by atoms with Crippen LogP contribution >= 0.6 is 0 Å². The summed E-state index contributed by atoms with van der Waals surface area (Å²) in [5.41, 5.74) is 2.21. The fraction of sp³-hybridized carbons (Fsp3) is 0.556. The van der Waals surface area contributed by atoms with Crippen LogP contribution in [0, 0.1) is 0 Å². The van der Waals surface area contributed by atoms with Crippen molar-refractivity contribution in [3.8, 4) is 0 Å². The zero-order valence-electron chi connectivity index (χ0n) is 8.50. The van der Waals surface area contributed by atoms with Crippen LogP contribution in [0.4, 0.5) is 0 Å². The molecular formula is C9H16N2O3. The second-order valence-electron chi connectivity index (χ2n) is 2.97. The Morgan fingerprint density at radius 3 is 2.50 bits per heavy atom. The van der Waals surface area contributed by atoms with E-state index in [4.69, 9.17) is 10.6 Å². The summed E-state index contributed by atoms with van der Waals surface area (Å²) in [4.78, 5) is 22.2. The van der Waals surface area contributed by atoms with Gasteiger partial charge in [-0.2, -0.15) is 0 Å². The van der Waals surface area contributed by atoms with Crippen LogP contribution in [-0.2, 0) is 14.3 Å². The lowest BCUT2D eigenvalue weighted by Gasteiger charge is -2.15. The number of amides is 1. The number of carbonyl (C=O) groups is 2. The van der Waals surface area contributed by atoms with Gasteiger partial charge in [0.25, 0.3) is 5.91 Å². The van der Waals surface area contributed by atoms with Crippen molar-refractivity contribution in [1.82, 2.24) is 5.43 Å². The van der Waals surface area contributed by atoms with E-state index in [1.54, 1.807) is 0 Å². The van der Waals surface area contributed by atoms with Gasteiger partial charge in [-0.05, 0) is 13.3 Å². The number of hydrazine groups is 1. The number of esters is 1. The van der Waals surface area contributed by atoms with E-state index in [9.17, 15) is 9.59 Å². The molecule has 0 aliphatic rings. The molecule has 5 heteroatoms. The lowest BCUT2D eigenvalue weighted by atomic mass is 10.2. The molecule has 5 nitrogen and oxygen atoms in total. The highest BCUT2D eigenvalue weighted by molar-refractivity contribution is 5.90. The molecule has 0 aromatic rings. The predicted octanol–water partition coefficient (Wildman–Crippen LogP) is 0.264. The smallest absolute Gasteiger partial charge is 0.333 e. The highest BCUT2D eigenvalue weighted by Crippen LogP contribution is 2.05. The minimum atomic E-state index is -0.825. The van der Waals surface area contributed by atoms with E-state index in [0.717, 1.165) is 6.42 Å². The Labute approximate surface area is 83.3 Å². The normalized spacial score (nSPS) is 11.6. The van der Waals surface area contributed by atoms with Crippen molar-refractivity contribution in [1.29, 1.82) is 0 Å². The number of rotatable bonds is 5. The maximum atomic E-state index is 11.1. The average Bonchev–Trinajstić information content (AvgIpc) is 2.15. The lowest BCUT2D eigenvalue weighted by Crippen LogP contribution is -2.41. The number of hydrogen-bond donors (Lipinski definition) is 2. The third kappa shape index (κ3) is 4.04. The van der Waals surface area contributed by atoms with Crippen LogP contribution in [-0.4, -0.2) is 18.0 Å². The van der Waals surface area contributed by atoms with Gasteiger partial charge in [0.15, 0.2) is 6.10 Å². The molecule has 3 N–H and O–H groups in total. The first kappa shape index (κ1) is 12.6. The summed E-state index contributed by atoms with van der Waals surface area (Å²) in [6.07, 6.45) is 0.345. The summed E-state index contributed by atoms with van der Waals surface area (Å²) in [5.74, 6) is 3.87. The van der Waals surface area contributed by atoms with E-state index in [-0.39, 0.29) is 5.57 Å². The van der Waals surface area contributed by atoms with Crippen molar-refractivity contribution in [3.63, 3.8) is 0 Å². The van der Waals surface area contributed by atoms with Crippen molar-refractivity contribution < 1.29 is 14.3 Å². The Bertz CT molecular complexity index is 238. The summed E-state index contributed by atoms with van der Waals surface area (Å²) < 4.78 is 4.87. The fourth-order valence-electron chi connectivity index (χ4n) is 0.828. The molecule has 0 saturated heterocycles. The van der Waals surface area contributed by atoms with E-state index in [1.807, 2.05) is 12.3 Å². The molecule has 0 rings (SSSR count). The second-order valence-corrected chi connectivity index (χ2v) is 2.97. The van der Waals surface area contributed by atoms with Crippen LogP contribution in [0.1, 0.15) is 26.7 Å². The van der Waals surface area contributed by atoms with Crippen LogP contribution in [0.25, 0.3) is 0 Å². The Balaban J connectivity index is 4.29. The summed E-state index contributed by atoms with van der Waals surface area (Å²) in [6.45, 7) is 6.82. The molecule has 14 heavy (non-hydrogen) atoms. The van der Waals surface area contributed by atoms with Crippen molar-refractivity contribution in [3.05, 3.63) is 12.2 Å². The summed E-state index contributed by atoms with van der Waals surface area (Å²) in [5, 5.41) is 0. The molecule has 1 unspecified atom stereocenters. The SMILES string of the molecule is C=C(C)C(=O)OC(CCC)C(=O)NN. The Morgan fingerprint density at radius 1 is 1.57 bits per heavy atom. The summed E-state index contributed by atoms with van der Waals surface area (Å²) >= 11 is 0. The first-order chi connectivity index (χ1) is 6.52. The maximum absolute atomic E-state index is 11.1. The molecule has 0 fully saturated rings. The van der Waals surface area contributed by atoms with Crippen molar-refractivity contribution in [2.45, 2.75) is 32.8 Å². The van der Waals surface area contributed by atoms with Crippen LogP contribution in [0.15, 0.2) is 12.2 Å². The Kier molecular flexibility index (Phi) is 5.55. The second kappa shape index (κ2) is 6.15. The molecule has 0 aliphatic heterocycles. The van der Waals surface area contributed by atoms with E-state index in [0.29, 0.717) is 6.42 Å². The van der Waals surface area contributed by atoms with Gasteiger partial charge in [-0.1, -0.05) is 19.9 Å². The number of nitrogens with two attached hydrogens (primary N) is 1. The van der Waals surface area contributed by atoms with Crippen molar-refractivity contribution >= 4 is 11.9 Å². The average molecular weight is 200 g/mol. The van der Waals surface area contributed by atoms with Gasteiger partial charge in [-0.15, -0.1) is 0 Å². The molecule has 0 aliphatic carbocycles. The molecule has 0 bridgehead atoms. The zero-order valence-corrected chi connectivity index (χ0v) is 8.50. The highest BCUT2D eigenvalue weighted by Gasteiger charge is 2.21. The van der Waals surface area contributed by atoms with Crippen LogP contribution in [0.2, 0.25) is 0 Å². The molecular weight excluding hydrogens is 184 g/mol. The molecule has 1 amide bonds. The molecule has 0 radical (unpaired) electrons. The predicted molar refractivity (Wildman–Crippen MR) is 51.9 cm³/mol. The fourth-order valence-corrected chi connectivity index (χ4v) is 0.828. The molecule has 0 spiro atoms. The Morgan fingerprint density at radius 2 is 2.14 bits per heavy atom. The van der Waals surface area contributed by atoms with E-state index >= 15 is 0 Å². The standard InChI is InChI=1S/C9H16N2O3/c1-4-5-7(8(12)11-10)14-9(13)6(2)3/h7H,2,4-5,10H2,1,3H3,(H,11,12). The third-order valence-electron chi connectivity index (χ3n) is 1.58. The largest absolute Gasteiger partial charge is 0.449 e. The van der Waals surface area contributed by atoms with E-state index in [1.165, 1.54) is 6.92 Å². The van der Waals surface area contributed by atoms with Gasteiger partial charge >= 0.3 is 5.97 Å². The monoisotopic (exact) mass is 200 g/mol. The molecule has 0 heterocycles. The van der Waals surface area contributed by atoms with Gasteiger partial charge in [0.1, 0.15) is 0 Å². The lowest BCUT2D eigenvalue weighted by molar-refractivity contribution is -0.152. The third-order valence-corrected chi connectivity index (χ3v) is 1.58. The van der Waals surface area contributed by atoms with E-state index in [2.05, 4.69) is 6.58 Å². The maximum Gasteiger partial charge on any atom is 0.333 e. The minimum Gasteiger partial charge on any atom is -0.449 e. The van der Waals surface area contributed by atoms with Gasteiger partial charge in [0, 0.05) is 5.57 Å². The van der Waals surface area contributed by atoms with Gasteiger partial charge in [0.05, 0.1) is 0 Å². The van der Waals surface area contributed by atoms with Gasteiger partial charge in [0.2, 0.25) is 0 Å². The summed E-state index contributed by atoms with van der Waals surface area (Å²) in [6, 6.07) is 0. The molecule has 80 valence electrons. The minimum absolute atomic E-state index is 0.260. The number of nitrogens with one attached hydrogen (secondary N) is 1. The van der Waals surface area contributed by atoms with Gasteiger partial charge in [-0.25, -0.2) is 10.6 Å². The molecule has 0 aromatic carbocycles. The number of hydrogen-bond acceptors (Lipinski definition) is 4. The van der Waals surface area contributed by atoms with Crippen molar-refractivity contribution in [2.24, 2.45) is 5.84 Å². The zero-order chi connectivity index (χ0) is 11.1. The molecule has 0 saturated carbocycles. The van der Waals surface area contributed by atoms with Crippen LogP contribution in [0.5, 0.6) is 0 Å². The molecule has 0 aromatic heterocycles. The molecule has 1 atom stereocenters. The van der Waals surface area contributed by atoms with Gasteiger partial charge < -0.3 is 4.74 Å². The number of carbonyl (C=O) groups excluding carboxylic acids is 2. The Hall–Kier alpha value is -1.36. The first-order valence-electron chi connectivity index (χ1n) is 4.39. The van der Waals surface area contributed by atoms with Crippen LogP contribution < -0.4 is 11.3 Å². The van der Waals surface area contributed by atoms with Gasteiger partial charge in [-0.3, -0.25) is 10.2 Å². The summed E-state index contributed by atoms with van der Waals surface area (Å²) in [7, 11) is 0. The number of ether oxygens (including phenoxy) is 1. The van der Waals surface area contributed by atoms with Crippen LogP contribution in [0.3, 0.4) is 0 Å².